The van der Waals surface area contributed by atoms with E-state index in [2.05, 4.69) is 18.0 Å². The SMILES string of the molecule is CCc1cccc2[o+]c3ccccc3nc12. The number of nitrogens with zero attached hydrogens (tertiary/aromatic N) is 1. The van der Waals surface area contributed by atoms with Gasteiger partial charge in [-0.05, 0) is 18.1 Å². The van der Waals surface area contributed by atoms with Gasteiger partial charge in [0.05, 0.1) is 0 Å². The zero-order chi connectivity index (χ0) is 11.0. The van der Waals surface area contributed by atoms with Gasteiger partial charge in [-0.2, -0.15) is 0 Å². The number of benzene rings is 2. The van der Waals surface area contributed by atoms with Crippen molar-refractivity contribution in [3.05, 3.63) is 48.0 Å². The van der Waals surface area contributed by atoms with E-state index in [1.54, 1.807) is 0 Å². The summed E-state index contributed by atoms with van der Waals surface area (Å²) in [7, 11) is 0. The summed E-state index contributed by atoms with van der Waals surface area (Å²) in [6.07, 6.45) is 0.970. The Bertz CT molecular complexity index is 661. The van der Waals surface area contributed by atoms with Crippen LogP contribution in [-0.2, 0) is 6.42 Å². The first-order valence-electron chi connectivity index (χ1n) is 5.49. The maximum atomic E-state index is 5.83. The van der Waals surface area contributed by atoms with Crippen LogP contribution in [-0.4, -0.2) is 4.98 Å². The molecule has 0 unspecified atom stereocenters. The maximum absolute atomic E-state index is 5.83. The molecule has 0 fully saturated rings. The summed E-state index contributed by atoms with van der Waals surface area (Å²) in [5.74, 6) is 0. The minimum Gasteiger partial charge on any atom is -0.229 e. The standard InChI is InChI=1S/C14H12NO/c1-2-10-6-5-9-13-14(10)15-11-7-3-4-8-12(11)16-13/h3-9H,2H2,1H3/q+1. The zero-order valence-corrected chi connectivity index (χ0v) is 9.10. The van der Waals surface area contributed by atoms with Crippen LogP contribution < -0.4 is 0 Å². The number of aryl methyl sites for hydroxylation is 1. The molecule has 2 heteroatoms. The van der Waals surface area contributed by atoms with Crippen molar-refractivity contribution in [1.82, 2.24) is 4.98 Å². The van der Waals surface area contributed by atoms with Crippen molar-refractivity contribution in [1.29, 1.82) is 0 Å². The first-order valence-corrected chi connectivity index (χ1v) is 5.49. The van der Waals surface area contributed by atoms with Crippen LogP contribution in [0.1, 0.15) is 12.5 Å². The lowest BCUT2D eigenvalue weighted by Crippen LogP contribution is -1.88. The van der Waals surface area contributed by atoms with Crippen LogP contribution >= 0.6 is 0 Å². The lowest BCUT2D eigenvalue weighted by Gasteiger charge is -1.97. The van der Waals surface area contributed by atoms with Crippen LogP contribution in [0.5, 0.6) is 0 Å². The molecule has 0 spiro atoms. The number of para-hydroxylation sites is 3. The maximum Gasteiger partial charge on any atom is 0.379 e. The average Bonchev–Trinajstić information content (AvgIpc) is 2.35. The van der Waals surface area contributed by atoms with Crippen molar-refractivity contribution >= 4 is 22.2 Å². The van der Waals surface area contributed by atoms with Crippen LogP contribution in [0.15, 0.2) is 46.9 Å². The molecule has 3 aromatic rings. The molecule has 0 saturated carbocycles. The summed E-state index contributed by atoms with van der Waals surface area (Å²) in [6.45, 7) is 2.13. The van der Waals surface area contributed by atoms with E-state index in [0.717, 1.165) is 28.6 Å². The molecule has 1 heterocycles. The van der Waals surface area contributed by atoms with Gasteiger partial charge in [-0.25, -0.2) is 9.40 Å². The molecular weight excluding hydrogens is 198 g/mol. The summed E-state index contributed by atoms with van der Waals surface area (Å²) in [6, 6.07) is 13.9. The van der Waals surface area contributed by atoms with E-state index in [4.69, 9.17) is 4.42 Å². The Balaban J connectivity index is 2.46. The van der Waals surface area contributed by atoms with E-state index in [0.29, 0.717) is 0 Å². The van der Waals surface area contributed by atoms with Crippen LogP contribution in [0.4, 0.5) is 0 Å². The van der Waals surface area contributed by atoms with Crippen molar-refractivity contribution < 1.29 is 4.42 Å². The van der Waals surface area contributed by atoms with E-state index < -0.39 is 0 Å². The van der Waals surface area contributed by atoms with Crippen LogP contribution in [0.3, 0.4) is 0 Å². The highest BCUT2D eigenvalue weighted by Crippen LogP contribution is 2.22. The van der Waals surface area contributed by atoms with E-state index in [1.807, 2.05) is 36.4 Å². The molecule has 2 nitrogen and oxygen atoms in total. The largest absolute Gasteiger partial charge is 0.379 e. The summed E-state index contributed by atoms with van der Waals surface area (Å²) in [5.41, 5.74) is 4.81. The third-order valence-corrected chi connectivity index (χ3v) is 2.78. The molecule has 78 valence electrons. The van der Waals surface area contributed by atoms with E-state index in [1.165, 1.54) is 5.56 Å². The number of rotatable bonds is 1. The number of aromatic nitrogens is 1. The molecule has 0 N–H and O–H groups in total. The van der Waals surface area contributed by atoms with Crippen LogP contribution in [0.2, 0.25) is 0 Å². The molecule has 3 rings (SSSR count). The molecule has 1 aromatic heterocycles. The summed E-state index contributed by atoms with van der Waals surface area (Å²) >= 11 is 0. The summed E-state index contributed by atoms with van der Waals surface area (Å²) in [4.78, 5) is 4.65. The Labute approximate surface area is 93.5 Å². The van der Waals surface area contributed by atoms with Crippen molar-refractivity contribution in [2.45, 2.75) is 13.3 Å². The van der Waals surface area contributed by atoms with Crippen molar-refractivity contribution in [2.75, 3.05) is 0 Å². The molecule has 0 bridgehead atoms. The minimum absolute atomic E-state index is 0.836. The lowest BCUT2D eigenvalue weighted by atomic mass is 10.1. The molecule has 0 atom stereocenters. The Morgan fingerprint density at radius 1 is 1.00 bits per heavy atom. The van der Waals surface area contributed by atoms with Crippen LogP contribution in [0, 0.1) is 0 Å². The Kier molecular flexibility index (Phi) is 2.07. The van der Waals surface area contributed by atoms with Crippen molar-refractivity contribution in [3.8, 4) is 0 Å². The van der Waals surface area contributed by atoms with E-state index in [-0.39, 0.29) is 0 Å². The minimum atomic E-state index is 0.836. The molecule has 2 aromatic carbocycles. The fraction of sp³-hybridized carbons (Fsp3) is 0.143. The fourth-order valence-electron chi connectivity index (χ4n) is 1.94. The topological polar surface area (TPSA) is 24.2 Å². The van der Waals surface area contributed by atoms with Gasteiger partial charge in [0.25, 0.3) is 0 Å². The third kappa shape index (κ3) is 1.34. The van der Waals surface area contributed by atoms with E-state index >= 15 is 0 Å². The van der Waals surface area contributed by atoms with Gasteiger partial charge in [-0.3, -0.25) is 0 Å². The monoisotopic (exact) mass is 210 g/mol. The molecule has 0 aliphatic carbocycles. The normalized spacial score (nSPS) is 11.1. The van der Waals surface area contributed by atoms with Gasteiger partial charge in [0.1, 0.15) is 0 Å². The predicted octanol–water partition coefficient (Wildman–Crippen LogP) is 3.82. The van der Waals surface area contributed by atoms with Gasteiger partial charge < -0.3 is 0 Å². The smallest absolute Gasteiger partial charge is 0.229 e. The molecular formula is C14H12NO+. The molecule has 0 aliphatic heterocycles. The Hall–Kier alpha value is -1.96. The lowest BCUT2D eigenvalue weighted by molar-refractivity contribution is 0.656. The number of fused-ring (bicyclic) bond motifs is 2. The first-order chi connectivity index (χ1) is 7.88. The quantitative estimate of drug-likeness (QED) is 0.450. The predicted molar refractivity (Wildman–Crippen MR) is 65.3 cm³/mol. The van der Waals surface area contributed by atoms with Gasteiger partial charge in [0.2, 0.25) is 0 Å². The Morgan fingerprint density at radius 3 is 2.69 bits per heavy atom. The Morgan fingerprint density at radius 2 is 1.81 bits per heavy atom. The van der Waals surface area contributed by atoms with Crippen LogP contribution in [0.25, 0.3) is 22.2 Å². The molecule has 0 aliphatic rings. The second-order valence-corrected chi connectivity index (χ2v) is 3.80. The van der Waals surface area contributed by atoms with Gasteiger partial charge >= 0.3 is 11.2 Å². The first kappa shape index (κ1) is 9.28. The van der Waals surface area contributed by atoms with Gasteiger partial charge in [-0.1, -0.05) is 31.2 Å². The second-order valence-electron chi connectivity index (χ2n) is 3.80. The highest BCUT2D eigenvalue weighted by Gasteiger charge is 2.14. The zero-order valence-electron chi connectivity index (χ0n) is 9.10. The van der Waals surface area contributed by atoms with Crippen molar-refractivity contribution in [2.24, 2.45) is 0 Å². The second kappa shape index (κ2) is 3.56. The highest BCUT2D eigenvalue weighted by atomic mass is 16.3. The molecule has 0 radical (unpaired) electrons. The number of hydrogen-bond acceptors (Lipinski definition) is 1. The van der Waals surface area contributed by atoms with Gasteiger partial charge in [0.15, 0.2) is 11.0 Å². The summed E-state index contributed by atoms with van der Waals surface area (Å²) in [5, 5.41) is 0. The summed E-state index contributed by atoms with van der Waals surface area (Å²) < 4.78 is 5.83. The van der Waals surface area contributed by atoms with Gasteiger partial charge in [-0.15, -0.1) is 0 Å². The highest BCUT2D eigenvalue weighted by molar-refractivity contribution is 5.84. The molecule has 0 saturated heterocycles. The van der Waals surface area contributed by atoms with E-state index in [9.17, 15) is 0 Å². The van der Waals surface area contributed by atoms with Gasteiger partial charge in [0, 0.05) is 12.1 Å². The number of hydrogen-bond donors (Lipinski definition) is 0. The molecule has 16 heavy (non-hydrogen) atoms. The molecule has 0 amide bonds. The fourth-order valence-corrected chi connectivity index (χ4v) is 1.94. The van der Waals surface area contributed by atoms with Crippen molar-refractivity contribution in [3.63, 3.8) is 0 Å². The average molecular weight is 210 g/mol. The third-order valence-electron chi connectivity index (χ3n) is 2.78.